The molecule has 0 aromatic heterocycles. The second-order valence-electron chi connectivity index (χ2n) is 6.83. The molecule has 1 saturated heterocycles. The monoisotopic (exact) mass is 320 g/mol. The van der Waals surface area contributed by atoms with Crippen molar-refractivity contribution >= 4 is 11.8 Å². The maximum atomic E-state index is 12.5. The molecule has 2 aliphatic heterocycles. The van der Waals surface area contributed by atoms with Gasteiger partial charge in [0.2, 0.25) is 11.8 Å². The summed E-state index contributed by atoms with van der Waals surface area (Å²) in [6, 6.07) is 0. The number of carbonyl (C=O) groups excluding carboxylic acids is 2. The van der Waals surface area contributed by atoms with Gasteiger partial charge in [0, 0.05) is 38.8 Å². The maximum Gasteiger partial charge on any atom is 0.222 e. The van der Waals surface area contributed by atoms with Crippen molar-refractivity contribution in [1.29, 1.82) is 0 Å². The van der Waals surface area contributed by atoms with E-state index < -0.39 is 17.2 Å². The molecule has 0 aliphatic carbocycles. The molecule has 0 spiro atoms. The van der Waals surface area contributed by atoms with Crippen molar-refractivity contribution < 1.29 is 14.3 Å². The number of carbonyl (C=O) groups is 2. The van der Waals surface area contributed by atoms with Crippen molar-refractivity contribution in [2.24, 2.45) is 16.0 Å². The molecule has 0 bridgehead atoms. The number of nitrogens with two attached hydrogens (primary N) is 1. The van der Waals surface area contributed by atoms with Crippen molar-refractivity contribution in [1.82, 2.24) is 4.90 Å². The van der Waals surface area contributed by atoms with E-state index in [0.29, 0.717) is 38.8 Å². The van der Waals surface area contributed by atoms with Gasteiger partial charge in [0.1, 0.15) is 0 Å². The number of primary amides is 1. The molecule has 2 N–H and O–H groups in total. The van der Waals surface area contributed by atoms with Crippen LogP contribution in [0.4, 0.5) is 0 Å². The number of amides is 2. The van der Waals surface area contributed by atoms with E-state index in [9.17, 15) is 9.59 Å². The quantitative estimate of drug-likeness (QED) is 0.714. The van der Waals surface area contributed by atoms with Gasteiger partial charge in [-0.25, -0.2) is 0 Å². The third kappa shape index (κ3) is 5.03. The average Bonchev–Trinajstić information content (AvgIpc) is 3.20. The van der Waals surface area contributed by atoms with Gasteiger partial charge in [0.05, 0.1) is 18.1 Å². The lowest BCUT2D eigenvalue weighted by Crippen LogP contribution is -2.55. The summed E-state index contributed by atoms with van der Waals surface area (Å²) in [5.41, 5.74) is 4.30. The number of hydrogen-bond donors (Lipinski definition) is 1. The van der Waals surface area contributed by atoms with Crippen LogP contribution < -0.4 is 5.73 Å². The molecule has 1 unspecified atom stereocenters. The van der Waals surface area contributed by atoms with Crippen LogP contribution in [0.3, 0.4) is 0 Å². The Kier molecular flexibility index (Phi) is 5.05. The molecule has 2 heterocycles. The molecule has 126 valence electrons. The molecular formula is C16H24N4O3. The first-order chi connectivity index (χ1) is 10.8. The third-order valence-corrected chi connectivity index (χ3v) is 4.05. The van der Waals surface area contributed by atoms with Gasteiger partial charge in [0.15, 0.2) is 5.66 Å². The van der Waals surface area contributed by atoms with Gasteiger partial charge in [-0.3, -0.25) is 9.59 Å². The standard InChI is InChI=1S/C16H24N4O3/c1-4-5-7-16(18-19-16)8-6-14(22)20-10-12(9-13(17)21)23-15(2,3)11-20/h1,12H,5-11H2,2-3H3,(H2,17,21). The van der Waals surface area contributed by atoms with Crippen molar-refractivity contribution in [2.75, 3.05) is 13.1 Å². The largest absolute Gasteiger partial charge is 0.370 e. The first-order valence-corrected chi connectivity index (χ1v) is 7.87. The summed E-state index contributed by atoms with van der Waals surface area (Å²) in [6.07, 6.45) is 7.25. The van der Waals surface area contributed by atoms with Gasteiger partial charge in [-0.15, -0.1) is 12.3 Å². The highest BCUT2D eigenvalue weighted by atomic mass is 16.5. The van der Waals surface area contributed by atoms with E-state index in [1.807, 2.05) is 13.8 Å². The summed E-state index contributed by atoms with van der Waals surface area (Å²) >= 11 is 0. The molecule has 0 radical (unpaired) electrons. The van der Waals surface area contributed by atoms with E-state index in [4.69, 9.17) is 16.9 Å². The molecule has 1 atom stereocenters. The Balaban J connectivity index is 1.88. The summed E-state index contributed by atoms with van der Waals surface area (Å²) in [5, 5.41) is 8.09. The smallest absolute Gasteiger partial charge is 0.222 e. The molecule has 2 amide bonds. The van der Waals surface area contributed by atoms with E-state index in [1.165, 1.54) is 0 Å². The Bertz CT molecular complexity index is 544. The Morgan fingerprint density at radius 3 is 2.65 bits per heavy atom. The molecule has 7 nitrogen and oxygen atoms in total. The van der Waals surface area contributed by atoms with Crippen molar-refractivity contribution in [3.63, 3.8) is 0 Å². The van der Waals surface area contributed by atoms with E-state index in [1.54, 1.807) is 4.90 Å². The zero-order chi connectivity index (χ0) is 17.1. The molecule has 7 heteroatoms. The summed E-state index contributed by atoms with van der Waals surface area (Å²) < 4.78 is 5.82. The van der Waals surface area contributed by atoms with E-state index >= 15 is 0 Å². The number of ether oxygens (including phenoxy) is 1. The van der Waals surface area contributed by atoms with Crippen LogP contribution in [0.15, 0.2) is 10.2 Å². The normalized spacial score (nSPS) is 24.0. The highest BCUT2D eigenvalue weighted by molar-refractivity contribution is 5.77. The van der Waals surface area contributed by atoms with E-state index in [0.717, 1.165) is 0 Å². The highest BCUT2D eigenvalue weighted by Gasteiger charge is 2.41. The lowest BCUT2D eigenvalue weighted by molar-refractivity contribution is -0.164. The highest BCUT2D eigenvalue weighted by Crippen LogP contribution is 2.38. The zero-order valence-electron chi connectivity index (χ0n) is 13.7. The minimum atomic E-state index is -0.497. The lowest BCUT2D eigenvalue weighted by Gasteiger charge is -2.42. The number of terminal acetylenes is 1. The van der Waals surface area contributed by atoms with Gasteiger partial charge >= 0.3 is 0 Å². The Morgan fingerprint density at radius 1 is 1.39 bits per heavy atom. The van der Waals surface area contributed by atoms with Gasteiger partial charge in [-0.1, -0.05) is 0 Å². The summed E-state index contributed by atoms with van der Waals surface area (Å²) in [4.78, 5) is 25.4. The van der Waals surface area contributed by atoms with E-state index in [-0.39, 0.29) is 18.4 Å². The maximum absolute atomic E-state index is 12.5. The summed E-state index contributed by atoms with van der Waals surface area (Å²) in [7, 11) is 0. The molecular weight excluding hydrogens is 296 g/mol. The first-order valence-electron chi connectivity index (χ1n) is 7.87. The Morgan fingerprint density at radius 2 is 2.09 bits per heavy atom. The Labute approximate surface area is 136 Å². The number of rotatable bonds is 7. The zero-order valence-corrected chi connectivity index (χ0v) is 13.7. The number of hydrogen-bond acceptors (Lipinski definition) is 5. The number of morpholine rings is 1. The van der Waals surface area contributed by atoms with Crippen LogP contribution in [0.1, 0.15) is 46.0 Å². The molecule has 1 fully saturated rings. The summed E-state index contributed by atoms with van der Waals surface area (Å²) in [5.74, 6) is 2.17. The van der Waals surface area contributed by atoms with Crippen molar-refractivity contribution in [2.45, 2.75) is 63.3 Å². The first kappa shape index (κ1) is 17.4. The molecule has 2 aliphatic rings. The second-order valence-corrected chi connectivity index (χ2v) is 6.83. The molecule has 0 aromatic rings. The Hall–Kier alpha value is -1.94. The SMILES string of the molecule is C#CCCC1(CCC(=O)N2CC(CC(N)=O)OC(C)(C)C2)N=N1. The van der Waals surface area contributed by atoms with Gasteiger partial charge < -0.3 is 15.4 Å². The lowest BCUT2D eigenvalue weighted by atomic mass is 10.00. The fourth-order valence-electron chi connectivity index (χ4n) is 2.95. The van der Waals surface area contributed by atoms with Crippen LogP contribution in [0.25, 0.3) is 0 Å². The third-order valence-electron chi connectivity index (χ3n) is 4.05. The van der Waals surface area contributed by atoms with Crippen LogP contribution in [0.2, 0.25) is 0 Å². The minimum absolute atomic E-state index is 0.0215. The van der Waals surface area contributed by atoms with Crippen LogP contribution in [0.5, 0.6) is 0 Å². The topological polar surface area (TPSA) is 97.3 Å². The summed E-state index contributed by atoms with van der Waals surface area (Å²) in [6.45, 7) is 4.68. The van der Waals surface area contributed by atoms with Gasteiger partial charge in [0.25, 0.3) is 0 Å². The molecule has 2 rings (SSSR count). The van der Waals surface area contributed by atoms with Crippen molar-refractivity contribution in [3.8, 4) is 12.3 Å². The van der Waals surface area contributed by atoms with Crippen LogP contribution in [-0.2, 0) is 14.3 Å². The van der Waals surface area contributed by atoms with Gasteiger partial charge in [-0.2, -0.15) is 10.2 Å². The van der Waals surface area contributed by atoms with Crippen LogP contribution in [0, 0.1) is 12.3 Å². The second kappa shape index (κ2) is 6.67. The number of nitrogens with zero attached hydrogens (tertiary/aromatic N) is 3. The fraction of sp³-hybridized carbons (Fsp3) is 0.750. The fourth-order valence-corrected chi connectivity index (χ4v) is 2.95. The minimum Gasteiger partial charge on any atom is -0.370 e. The molecule has 23 heavy (non-hydrogen) atoms. The molecule has 0 aromatic carbocycles. The van der Waals surface area contributed by atoms with Crippen molar-refractivity contribution in [3.05, 3.63) is 0 Å². The molecule has 0 saturated carbocycles. The van der Waals surface area contributed by atoms with Gasteiger partial charge in [-0.05, 0) is 13.8 Å². The predicted octanol–water partition coefficient (Wildman–Crippen LogP) is 1.22. The van der Waals surface area contributed by atoms with E-state index in [2.05, 4.69) is 16.1 Å². The average molecular weight is 320 g/mol. The van der Waals surface area contributed by atoms with Crippen LogP contribution in [-0.4, -0.2) is 47.2 Å². The van der Waals surface area contributed by atoms with Crippen LogP contribution >= 0.6 is 0 Å². The predicted molar refractivity (Wildman–Crippen MR) is 84.2 cm³/mol.